The Morgan fingerprint density at radius 3 is 2.77 bits per heavy atom. The molecule has 1 atom stereocenters. The van der Waals surface area contributed by atoms with Crippen molar-refractivity contribution in [3.63, 3.8) is 0 Å². The number of hydrogen-bond acceptors (Lipinski definition) is 4. The SMILES string of the molecule is Cc1c(CN=C(NCC2CCS(=O)(=O)C2)NC2CC2)oc2ccccc12. The molecule has 1 aliphatic carbocycles. The molecular weight excluding hydrogens is 350 g/mol. The third-order valence-electron chi connectivity index (χ3n) is 5.13. The van der Waals surface area contributed by atoms with Crippen molar-refractivity contribution in [2.75, 3.05) is 18.1 Å². The van der Waals surface area contributed by atoms with Crippen LogP contribution in [0.25, 0.3) is 11.0 Å². The van der Waals surface area contributed by atoms with E-state index in [-0.39, 0.29) is 11.7 Å². The molecule has 1 aliphatic heterocycles. The van der Waals surface area contributed by atoms with E-state index >= 15 is 0 Å². The lowest BCUT2D eigenvalue weighted by atomic mass is 10.1. The highest BCUT2D eigenvalue weighted by Crippen LogP contribution is 2.25. The second kappa shape index (κ2) is 6.95. The van der Waals surface area contributed by atoms with Crippen LogP contribution in [0, 0.1) is 12.8 Å². The number of aryl methyl sites for hydroxylation is 1. The first-order valence-electron chi connectivity index (χ1n) is 9.22. The number of benzene rings is 1. The minimum atomic E-state index is -2.85. The quantitative estimate of drug-likeness (QED) is 0.619. The number of aliphatic imine (C=N–C) groups is 1. The van der Waals surface area contributed by atoms with Gasteiger partial charge in [-0.3, -0.25) is 0 Å². The fourth-order valence-electron chi connectivity index (χ4n) is 3.37. The number of fused-ring (bicyclic) bond motifs is 1. The zero-order valence-electron chi connectivity index (χ0n) is 15.0. The fourth-order valence-corrected chi connectivity index (χ4v) is 5.24. The van der Waals surface area contributed by atoms with Gasteiger partial charge in [-0.1, -0.05) is 18.2 Å². The molecule has 0 radical (unpaired) electrons. The van der Waals surface area contributed by atoms with Gasteiger partial charge in [0.2, 0.25) is 0 Å². The van der Waals surface area contributed by atoms with Crippen LogP contribution in [-0.2, 0) is 16.4 Å². The van der Waals surface area contributed by atoms with Crippen molar-refractivity contribution in [3.8, 4) is 0 Å². The second-order valence-electron chi connectivity index (χ2n) is 7.38. The van der Waals surface area contributed by atoms with Gasteiger partial charge in [0.15, 0.2) is 15.8 Å². The van der Waals surface area contributed by atoms with Crippen molar-refractivity contribution in [1.82, 2.24) is 10.6 Å². The van der Waals surface area contributed by atoms with Crippen molar-refractivity contribution in [2.45, 2.75) is 38.8 Å². The maximum absolute atomic E-state index is 11.6. The molecule has 1 aromatic heterocycles. The first-order valence-corrected chi connectivity index (χ1v) is 11.0. The van der Waals surface area contributed by atoms with Crippen LogP contribution in [0.2, 0.25) is 0 Å². The Kier molecular flexibility index (Phi) is 4.65. The van der Waals surface area contributed by atoms with Gasteiger partial charge in [0.05, 0.1) is 11.5 Å². The molecule has 1 saturated carbocycles. The number of nitrogens with one attached hydrogen (secondary N) is 2. The van der Waals surface area contributed by atoms with Gasteiger partial charge in [-0.25, -0.2) is 13.4 Å². The average molecular weight is 375 g/mol. The van der Waals surface area contributed by atoms with Gasteiger partial charge < -0.3 is 15.1 Å². The first-order chi connectivity index (χ1) is 12.5. The summed E-state index contributed by atoms with van der Waals surface area (Å²) in [6.07, 6.45) is 3.04. The standard InChI is InChI=1S/C19H25N3O3S/c1-13-16-4-2-3-5-17(16)25-18(13)11-21-19(22-15-6-7-15)20-10-14-8-9-26(23,24)12-14/h2-5,14-15H,6-12H2,1H3,(H2,20,21,22). The highest BCUT2D eigenvalue weighted by Gasteiger charge is 2.28. The third-order valence-corrected chi connectivity index (χ3v) is 6.96. The van der Waals surface area contributed by atoms with Gasteiger partial charge in [-0.2, -0.15) is 0 Å². The summed E-state index contributed by atoms with van der Waals surface area (Å²) in [5, 5.41) is 7.86. The molecular formula is C19H25N3O3S. The minimum Gasteiger partial charge on any atom is -0.459 e. The van der Waals surface area contributed by atoms with Crippen LogP contribution in [0.3, 0.4) is 0 Å². The molecule has 0 bridgehead atoms. The monoisotopic (exact) mass is 375 g/mol. The summed E-state index contributed by atoms with van der Waals surface area (Å²) in [6.45, 7) is 3.16. The summed E-state index contributed by atoms with van der Waals surface area (Å²) in [5.41, 5.74) is 2.01. The number of hydrogen-bond donors (Lipinski definition) is 2. The predicted molar refractivity (Wildman–Crippen MR) is 103 cm³/mol. The summed E-state index contributed by atoms with van der Waals surface area (Å²) in [4.78, 5) is 4.68. The van der Waals surface area contributed by atoms with Crippen molar-refractivity contribution < 1.29 is 12.8 Å². The summed E-state index contributed by atoms with van der Waals surface area (Å²) in [5.74, 6) is 2.36. The molecule has 1 unspecified atom stereocenters. The molecule has 2 aliphatic rings. The molecule has 7 heteroatoms. The summed E-state index contributed by atoms with van der Waals surface area (Å²) < 4.78 is 29.2. The average Bonchev–Trinajstić information content (AvgIpc) is 3.29. The molecule has 2 N–H and O–H groups in total. The Balaban J connectivity index is 1.44. The van der Waals surface area contributed by atoms with Crippen molar-refractivity contribution in [3.05, 3.63) is 35.6 Å². The Morgan fingerprint density at radius 1 is 1.27 bits per heavy atom. The normalized spacial score (nSPS) is 22.7. The van der Waals surface area contributed by atoms with Gasteiger partial charge in [-0.15, -0.1) is 0 Å². The number of furan rings is 1. The molecule has 4 rings (SSSR count). The number of guanidine groups is 1. The van der Waals surface area contributed by atoms with E-state index in [1.54, 1.807) is 0 Å². The zero-order chi connectivity index (χ0) is 18.1. The maximum atomic E-state index is 11.6. The molecule has 140 valence electrons. The number of sulfone groups is 1. The highest BCUT2D eigenvalue weighted by atomic mass is 32.2. The highest BCUT2D eigenvalue weighted by molar-refractivity contribution is 7.91. The lowest BCUT2D eigenvalue weighted by Crippen LogP contribution is -2.41. The molecule has 0 amide bonds. The van der Waals surface area contributed by atoms with Gasteiger partial charge in [0, 0.05) is 23.5 Å². The van der Waals surface area contributed by atoms with Crippen LogP contribution in [0.4, 0.5) is 0 Å². The van der Waals surface area contributed by atoms with Gasteiger partial charge in [0.1, 0.15) is 17.9 Å². The largest absolute Gasteiger partial charge is 0.459 e. The van der Waals surface area contributed by atoms with Crippen LogP contribution in [0.15, 0.2) is 33.7 Å². The smallest absolute Gasteiger partial charge is 0.191 e. The first kappa shape index (κ1) is 17.4. The van der Waals surface area contributed by atoms with Crippen LogP contribution in [0.5, 0.6) is 0 Å². The molecule has 1 saturated heterocycles. The summed E-state index contributed by atoms with van der Waals surface area (Å²) in [7, 11) is -2.85. The van der Waals surface area contributed by atoms with E-state index in [4.69, 9.17) is 4.42 Å². The van der Waals surface area contributed by atoms with E-state index < -0.39 is 9.84 Å². The van der Waals surface area contributed by atoms with Gasteiger partial charge >= 0.3 is 0 Å². The summed E-state index contributed by atoms with van der Waals surface area (Å²) in [6, 6.07) is 8.48. The lowest BCUT2D eigenvalue weighted by Gasteiger charge is -2.14. The van der Waals surface area contributed by atoms with Crippen LogP contribution in [-0.4, -0.2) is 38.5 Å². The second-order valence-corrected chi connectivity index (χ2v) is 9.61. The van der Waals surface area contributed by atoms with Crippen LogP contribution in [0.1, 0.15) is 30.6 Å². The van der Waals surface area contributed by atoms with E-state index in [9.17, 15) is 8.42 Å². The lowest BCUT2D eigenvalue weighted by molar-refractivity contribution is 0.544. The molecule has 1 aromatic carbocycles. The van der Waals surface area contributed by atoms with E-state index in [0.717, 1.165) is 47.5 Å². The third kappa shape index (κ3) is 4.03. The van der Waals surface area contributed by atoms with Gasteiger partial charge in [0.25, 0.3) is 0 Å². The van der Waals surface area contributed by atoms with Crippen molar-refractivity contribution >= 4 is 26.8 Å². The number of rotatable bonds is 5. The van der Waals surface area contributed by atoms with E-state index in [1.165, 1.54) is 0 Å². The summed E-state index contributed by atoms with van der Waals surface area (Å²) >= 11 is 0. The topological polar surface area (TPSA) is 83.7 Å². The molecule has 2 aromatic rings. The Morgan fingerprint density at radius 2 is 2.08 bits per heavy atom. The zero-order valence-corrected chi connectivity index (χ0v) is 15.8. The fraction of sp³-hybridized carbons (Fsp3) is 0.526. The minimum absolute atomic E-state index is 0.166. The molecule has 2 heterocycles. The number of nitrogens with zero attached hydrogens (tertiary/aromatic N) is 1. The Bertz CT molecular complexity index is 929. The van der Waals surface area contributed by atoms with Crippen LogP contribution >= 0.6 is 0 Å². The predicted octanol–water partition coefficient (Wildman–Crippen LogP) is 2.37. The maximum Gasteiger partial charge on any atom is 0.191 e. The van der Waals surface area contributed by atoms with Crippen molar-refractivity contribution in [1.29, 1.82) is 0 Å². The van der Waals surface area contributed by atoms with E-state index in [2.05, 4.69) is 28.6 Å². The Hall–Kier alpha value is -2.02. The Labute approximate surface area is 154 Å². The molecule has 26 heavy (non-hydrogen) atoms. The molecule has 0 spiro atoms. The van der Waals surface area contributed by atoms with E-state index in [0.29, 0.717) is 24.9 Å². The van der Waals surface area contributed by atoms with Crippen molar-refractivity contribution in [2.24, 2.45) is 10.9 Å². The molecule has 2 fully saturated rings. The van der Waals surface area contributed by atoms with Gasteiger partial charge in [-0.05, 0) is 38.2 Å². The number of para-hydroxylation sites is 1. The van der Waals surface area contributed by atoms with Crippen LogP contribution < -0.4 is 10.6 Å². The van der Waals surface area contributed by atoms with E-state index in [1.807, 2.05) is 18.2 Å². The molecule has 6 nitrogen and oxygen atoms in total.